The molecule has 0 bridgehead atoms. The summed E-state index contributed by atoms with van der Waals surface area (Å²) in [6.45, 7) is 1.45. The van der Waals surface area contributed by atoms with Crippen LogP contribution in [0.1, 0.15) is 24.0 Å². The van der Waals surface area contributed by atoms with Crippen molar-refractivity contribution >= 4 is 17.6 Å². The van der Waals surface area contributed by atoms with Gasteiger partial charge in [-0.25, -0.2) is 0 Å². The Kier molecular flexibility index (Phi) is 2.99. The molecule has 0 radical (unpaired) electrons. The topological polar surface area (TPSA) is 55.4 Å². The zero-order valence-electron chi connectivity index (χ0n) is 10.9. The average Bonchev–Trinajstić information content (AvgIpc) is 2.74. The second kappa shape index (κ2) is 4.81. The van der Waals surface area contributed by atoms with Crippen LogP contribution >= 0.6 is 0 Å². The van der Waals surface area contributed by atoms with E-state index in [1.54, 1.807) is 18.2 Å². The van der Waals surface area contributed by atoms with Crippen LogP contribution in [0.3, 0.4) is 0 Å². The van der Waals surface area contributed by atoms with Gasteiger partial charge in [-0.15, -0.1) is 0 Å². The Hall–Kier alpha value is -2.62. The summed E-state index contributed by atoms with van der Waals surface area (Å²) in [5.41, 5.74) is 2.33. The molecule has 20 heavy (non-hydrogen) atoms. The Morgan fingerprint density at radius 1 is 1.15 bits per heavy atom. The van der Waals surface area contributed by atoms with E-state index < -0.39 is 5.92 Å². The van der Waals surface area contributed by atoms with E-state index in [-0.39, 0.29) is 11.9 Å². The number of nitrogens with one attached hydrogen (secondary N) is 1. The van der Waals surface area contributed by atoms with Gasteiger partial charge in [0.15, 0.2) is 0 Å². The van der Waals surface area contributed by atoms with E-state index in [2.05, 4.69) is 5.32 Å². The number of anilines is 1. The second-order valence-electron chi connectivity index (χ2n) is 4.70. The third kappa shape index (κ3) is 2.16. The van der Waals surface area contributed by atoms with Crippen LogP contribution in [0.5, 0.6) is 5.75 Å². The number of carbonyl (C=O) groups is 2. The lowest BCUT2D eigenvalue weighted by Crippen LogP contribution is -2.11. The minimum absolute atomic E-state index is 0.147. The van der Waals surface area contributed by atoms with Crippen molar-refractivity contribution in [2.24, 2.45) is 0 Å². The molecule has 1 N–H and O–H groups in total. The summed E-state index contributed by atoms with van der Waals surface area (Å²) in [7, 11) is 0. The maximum Gasteiger partial charge on any atom is 0.323 e. The predicted molar refractivity (Wildman–Crippen MR) is 74.7 cm³/mol. The van der Waals surface area contributed by atoms with Crippen molar-refractivity contribution in [3.8, 4) is 5.75 Å². The molecular formula is C16H13NO3. The van der Waals surface area contributed by atoms with Gasteiger partial charge >= 0.3 is 5.97 Å². The molecule has 1 amide bonds. The average molecular weight is 267 g/mol. The first kappa shape index (κ1) is 12.4. The SMILES string of the molecule is CC(=O)Nc1ccc2c(c1)C(c1ccccc1)C(=O)O2. The summed E-state index contributed by atoms with van der Waals surface area (Å²) in [5, 5.41) is 2.72. The molecule has 0 aromatic heterocycles. The Morgan fingerprint density at radius 3 is 2.60 bits per heavy atom. The van der Waals surface area contributed by atoms with Gasteiger partial charge in [-0.05, 0) is 23.8 Å². The Labute approximate surface area is 116 Å². The fourth-order valence-electron chi connectivity index (χ4n) is 2.40. The first-order valence-electron chi connectivity index (χ1n) is 6.33. The third-order valence-corrected chi connectivity index (χ3v) is 3.22. The zero-order chi connectivity index (χ0) is 14.1. The largest absolute Gasteiger partial charge is 0.425 e. The summed E-state index contributed by atoms with van der Waals surface area (Å²) >= 11 is 0. The normalized spacial score (nSPS) is 16.4. The smallest absolute Gasteiger partial charge is 0.323 e. The Morgan fingerprint density at radius 2 is 1.90 bits per heavy atom. The summed E-state index contributed by atoms with van der Waals surface area (Å²) in [6, 6.07) is 14.7. The molecule has 0 saturated carbocycles. The molecule has 2 aromatic rings. The summed E-state index contributed by atoms with van der Waals surface area (Å²) < 4.78 is 5.28. The number of amides is 1. The summed E-state index contributed by atoms with van der Waals surface area (Å²) in [6.07, 6.45) is 0. The molecule has 4 heteroatoms. The van der Waals surface area contributed by atoms with Crippen LogP contribution in [0.15, 0.2) is 48.5 Å². The highest BCUT2D eigenvalue weighted by Crippen LogP contribution is 2.40. The lowest BCUT2D eigenvalue weighted by Gasteiger charge is -2.09. The molecule has 1 heterocycles. The van der Waals surface area contributed by atoms with Crippen LogP contribution in [0.25, 0.3) is 0 Å². The lowest BCUT2D eigenvalue weighted by atomic mass is 9.92. The monoisotopic (exact) mass is 267 g/mol. The second-order valence-corrected chi connectivity index (χ2v) is 4.70. The molecule has 0 spiro atoms. The molecule has 1 atom stereocenters. The van der Waals surface area contributed by atoms with E-state index in [1.165, 1.54) is 6.92 Å². The third-order valence-electron chi connectivity index (χ3n) is 3.22. The van der Waals surface area contributed by atoms with Crippen molar-refractivity contribution in [3.05, 3.63) is 59.7 Å². The number of hydrogen-bond donors (Lipinski definition) is 1. The van der Waals surface area contributed by atoms with Crippen molar-refractivity contribution < 1.29 is 14.3 Å². The van der Waals surface area contributed by atoms with Crippen LogP contribution in [0.4, 0.5) is 5.69 Å². The van der Waals surface area contributed by atoms with E-state index in [4.69, 9.17) is 4.74 Å². The maximum atomic E-state index is 12.1. The molecule has 0 aliphatic carbocycles. The van der Waals surface area contributed by atoms with Crippen LogP contribution in [-0.2, 0) is 9.59 Å². The fraction of sp³-hybridized carbons (Fsp3) is 0.125. The van der Waals surface area contributed by atoms with Crippen LogP contribution in [-0.4, -0.2) is 11.9 Å². The number of benzene rings is 2. The maximum absolute atomic E-state index is 12.1. The van der Waals surface area contributed by atoms with E-state index in [9.17, 15) is 9.59 Å². The van der Waals surface area contributed by atoms with Crippen LogP contribution < -0.4 is 10.1 Å². The molecule has 0 fully saturated rings. The molecule has 1 aliphatic rings. The minimum Gasteiger partial charge on any atom is -0.425 e. The number of esters is 1. The highest BCUT2D eigenvalue weighted by molar-refractivity contribution is 5.92. The van der Waals surface area contributed by atoms with Crippen molar-refractivity contribution in [1.82, 2.24) is 0 Å². The van der Waals surface area contributed by atoms with Gasteiger partial charge in [-0.3, -0.25) is 9.59 Å². The van der Waals surface area contributed by atoms with Gasteiger partial charge in [0.25, 0.3) is 0 Å². The highest BCUT2D eigenvalue weighted by atomic mass is 16.5. The standard InChI is InChI=1S/C16H13NO3/c1-10(18)17-12-7-8-14-13(9-12)15(16(19)20-14)11-5-3-2-4-6-11/h2-9,15H,1H3,(H,17,18). The van der Waals surface area contributed by atoms with E-state index >= 15 is 0 Å². The van der Waals surface area contributed by atoms with Gasteiger partial charge in [0, 0.05) is 18.2 Å². The first-order valence-corrected chi connectivity index (χ1v) is 6.33. The summed E-state index contributed by atoms with van der Waals surface area (Å²) in [5.74, 6) is -0.310. The molecular weight excluding hydrogens is 254 g/mol. The van der Waals surface area contributed by atoms with Gasteiger partial charge in [0.1, 0.15) is 11.7 Å². The van der Waals surface area contributed by atoms with Crippen molar-refractivity contribution in [2.75, 3.05) is 5.32 Å². The fourth-order valence-corrected chi connectivity index (χ4v) is 2.40. The molecule has 0 saturated heterocycles. The highest BCUT2D eigenvalue weighted by Gasteiger charge is 2.34. The van der Waals surface area contributed by atoms with Gasteiger partial charge < -0.3 is 10.1 Å². The zero-order valence-corrected chi connectivity index (χ0v) is 10.9. The van der Waals surface area contributed by atoms with Gasteiger partial charge in [0.2, 0.25) is 5.91 Å². The molecule has 2 aromatic carbocycles. The van der Waals surface area contributed by atoms with E-state index in [1.807, 2.05) is 30.3 Å². The minimum atomic E-state index is -0.431. The number of hydrogen-bond acceptors (Lipinski definition) is 3. The molecule has 4 nitrogen and oxygen atoms in total. The van der Waals surface area contributed by atoms with E-state index in [0.717, 1.165) is 11.1 Å². The first-order chi connectivity index (χ1) is 9.65. The van der Waals surface area contributed by atoms with Crippen LogP contribution in [0, 0.1) is 0 Å². The molecule has 1 aliphatic heterocycles. The van der Waals surface area contributed by atoms with E-state index in [0.29, 0.717) is 11.4 Å². The molecule has 1 unspecified atom stereocenters. The van der Waals surface area contributed by atoms with Gasteiger partial charge in [0.05, 0.1) is 0 Å². The molecule has 3 rings (SSSR count). The predicted octanol–water partition coefficient (Wildman–Crippen LogP) is 2.70. The number of carbonyl (C=O) groups excluding carboxylic acids is 2. The quantitative estimate of drug-likeness (QED) is 0.672. The summed E-state index contributed by atoms with van der Waals surface area (Å²) in [4.78, 5) is 23.2. The Balaban J connectivity index is 2.04. The van der Waals surface area contributed by atoms with Crippen molar-refractivity contribution in [1.29, 1.82) is 0 Å². The van der Waals surface area contributed by atoms with Crippen LogP contribution in [0.2, 0.25) is 0 Å². The van der Waals surface area contributed by atoms with Gasteiger partial charge in [-0.1, -0.05) is 30.3 Å². The molecule has 100 valence electrons. The van der Waals surface area contributed by atoms with Gasteiger partial charge in [-0.2, -0.15) is 0 Å². The number of ether oxygens (including phenoxy) is 1. The Bertz CT molecular complexity index is 679. The van der Waals surface area contributed by atoms with Crippen molar-refractivity contribution in [3.63, 3.8) is 0 Å². The number of fused-ring (bicyclic) bond motifs is 1. The van der Waals surface area contributed by atoms with Crippen molar-refractivity contribution in [2.45, 2.75) is 12.8 Å². The number of rotatable bonds is 2. The lowest BCUT2D eigenvalue weighted by molar-refractivity contribution is -0.133.